The molecule has 1 aromatic carbocycles. The largest absolute Gasteiger partial charge is 0.479 e. The van der Waals surface area contributed by atoms with E-state index in [1.54, 1.807) is 25.1 Å². The van der Waals surface area contributed by atoms with E-state index in [-0.39, 0.29) is 11.5 Å². The van der Waals surface area contributed by atoms with Crippen LogP contribution in [0.25, 0.3) is 0 Å². The number of aliphatic hydroxyl groups excluding tert-OH is 1. The summed E-state index contributed by atoms with van der Waals surface area (Å²) in [4.78, 5) is 9.65. The molecule has 0 aromatic heterocycles. The quantitative estimate of drug-likeness (QED) is 0.791. The molecule has 18 heavy (non-hydrogen) atoms. The molecule has 0 fully saturated rings. The predicted molar refractivity (Wildman–Crippen MR) is 64.6 cm³/mol. The molecule has 1 unspecified atom stereocenters. The van der Waals surface area contributed by atoms with E-state index < -0.39 is 22.2 Å². The van der Waals surface area contributed by atoms with Gasteiger partial charge in [-0.25, -0.2) is 4.79 Å². The van der Waals surface area contributed by atoms with Crippen LogP contribution in [0.1, 0.15) is 13.8 Å². The van der Waals surface area contributed by atoms with Crippen LogP contribution in [0.3, 0.4) is 0 Å². The Bertz CT molecular complexity index is 452. The van der Waals surface area contributed by atoms with Crippen molar-refractivity contribution in [3.8, 4) is 0 Å². The lowest BCUT2D eigenvalue weighted by atomic mass is 10.4. The van der Waals surface area contributed by atoms with E-state index in [0.717, 1.165) is 0 Å². The summed E-state index contributed by atoms with van der Waals surface area (Å²) < 4.78 is 27.0. The highest BCUT2D eigenvalue weighted by Crippen LogP contribution is 2.10. The number of carboxylic acid groups (broad SMARTS) is 1. The molecule has 102 valence electrons. The predicted octanol–water partition coefficient (Wildman–Crippen LogP) is 0.864. The molecular weight excluding hydrogens is 260 g/mol. The molecule has 0 heterocycles. The maximum atomic E-state index is 11.2. The van der Waals surface area contributed by atoms with E-state index in [1.807, 2.05) is 0 Å². The molecule has 1 rings (SSSR count). The van der Waals surface area contributed by atoms with Gasteiger partial charge in [-0.05, 0) is 26.0 Å². The van der Waals surface area contributed by atoms with Crippen LogP contribution in [0.5, 0.6) is 0 Å². The van der Waals surface area contributed by atoms with Crippen molar-refractivity contribution < 1.29 is 27.6 Å². The molecule has 0 spiro atoms. The van der Waals surface area contributed by atoms with Crippen molar-refractivity contribution in [1.29, 1.82) is 0 Å². The number of aliphatic hydroxyl groups is 1. The summed E-state index contributed by atoms with van der Waals surface area (Å²) in [5.41, 5.74) is 0. The van der Waals surface area contributed by atoms with Crippen LogP contribution in [-0.2, 0) is 19.1 Å². The molecule has 0 amide bonds. The minimum Gasteiger partial charge on any atom is -0.479 e. The van der Waals surface area contributed by atoms with Gasteiger partial charge in [-0.3, -0.25) is 4.18 Å². The Morgan fingerprint density at radius 2 is 1.78 bits per heavy atom. The van der Waals surface area contributed by atoms with Crippen LogP contribution in [-0.4, -0.2) is 37.3 Å². The minimum atomic E-state index is -3.51. The van der Waals surface area contributed by atoms with Gasteiger partial charge >= 0.3 is 5.97 Å². The monoisotopic (exact) mass is 276 g/mol. The fourth-order valence-electron chi connectivity index (χ4n) is 0.810. The fourth-order valence-corrected chi connectivity index (χ4v) is 1.75. The van der Waals surface area contributed by atoms with E-state index in [9.17, 15) is 13.2 Å². The lowest BCUT2D eigenvalue weighted by Crippen LogP contribution is -2.13. The SMILES string of the molecule is CC(O)C(=O)O.CCOS(=O)(=O)c1ccccc1. The third-order valence-corrected chi connectivity index (χ3v) is 3.06. The molecule has 6 nitrogen and oxygen atoms in total. The number of hydrogen-bond acceptors (Lipinski definition) is 5. The third kappa shape index (κ3) is 6.33. The molecule has 1 atom stereocenters. The Morgan fingerprint density at radius 1 is 1.33 bits per heavy atom. The number of hydrogen-bond donors (Lipinski definition) is 2. The molecule has 1 aromatic rings. The first kappa shape index (κ1) is 16.6. The average molecular weight is 276 g/mol. The van der Waals surface area contributed by atoms with Crippen LogP contribution < -0.4 is 0 Å². The second-order valence-electron chi connectivity index (χ2n) is 3.19. The summed E-state index contributed by atoms with van der Waals surface area (Å²) in [6, 6.07) is 8.08. The van der Waals surface area contributed by atoms with E-state index in [0.29, 0.717) is 0 Å². The van der Waals surface area contributed by atoms with E-state index >= 15 is 0 Å². The van der Waals surface area contributed by atoms with E-state index in [1.165, 1.54) is 19.1 Å². The van der Waals surface area contributed by atoms with Gasteiger partial charge < -0.3 is 10.2 Å². The van der Waals surface area contributed by atoms with Crippen molar-refractivity contribution in [2.75, 3.05) is 6.61 Å². The summed E-state index contributed by atoms with van der Waals surface area (Å²) in [6.45, 7) is 3.00. The molecule has 0 radical (unpaired) electrons. The van der Waals surface area contributed by atoms with Gasteiger partial charge in [0.05, 0.1) is 11.5 Å². The van der Waals surface area contributed by atoms with Gasteiger partial charge in [0, 0.05) is 0 Å². The van der Waals surface area contributed by atoms with Gasteiger partial charge in [0.25, 0.3) is 10.1 Å². The Labute approximate surface area is 106 Å². The number of benzene rings is 1. The summed E-state index contributed by atoms with van der Waals surface area (Å²) in [7, 11) is -3.51. The molecule has 7 heteroatoms. The first-order chi connectivity index (χ1) is 8.31. The zero-order valence-corrected chi connectivity index (χ0v) is 10.9. The normalized spacial score (nSPS) is 12.2. The summed E-state index contributed by atoms with van der Waals surface area (Å²) in [6.07, 6.45) is -1.23. The zero-order valence-electron chi connectivity index (χ0n) is 10.1. The maximum absolute atomic E-state index is 11.2. The van der Waals surface area contributed by atoms with Gasteiger partial charge in [0.15, 0.2) is 0 Å². The number of carboxylic acids is 1. The van der Waals surface area contributed by atoms with Gasteiger partial charge in [-0.2, -0.15) is 8.42 Å². The highest BCUT2D eigenvalue weighted by molar-refractivity contribution is 7.86. The van der Waals surface area contributed by atoms with Crippen LogP contribution in [0.15, 0.2) is 35.2 Å². The lowest BCUT2D eigenvalue weighted by Gasteiger charge is -2.01. The van der Waals surface area contributed by atoms with Crippen molar-refractivity contribution >= 4 is 16.1 Å². The molecular formula is C11H16O6S. The fraction of sp³-hybridized carbons (Fsp3) is 0.364. The molecule has 0 bridgehead atoms. The van der Waals surface area contributed by atoms with Crippen molar-refractivity contribution in [1.82, 2.24) is 0 Å². The van der Waals surface area contributed by atoms with Gasteiger partial charge in [0.2, 0.25) is 0 Å². The standard InChI is InChI=1S/C8H10O3S.C3H6O3/c1-2-11-12(9,10)8-6-4-3-5-7-8;1-2(4)3(5)6/h3-7H,2H2,1H3;2,4H,1H3,(H,5,6). The second-order valence-corrected chi connectivity index (χ2v) is 4.80. The second kappa shape index (κ2) is 7.80. The third-order valence-electron chi connectivity index (χ3n) is 1.66. The van der Waals surface area contributed by atoms with Gasteiger partial charge in [-0.1, -0.05) is 18.2 Å². The van der Waals surface area contributed by atoms with E-state index in [2.05, 4.69) is 4.18 Å². The molecule has 0 aliphatic heterocycles. The summed E-state index contributed by atoms with van der Waals surface area (Å²) in [5.74, 6) is -1.19. The Hall–Kier alpha value is -1.44. The first-order valence-corrected chi connectivity index (χ1v) is 6.57. The topological polar surface area (TPSA) is 101 Å². The number of aliphatic carboxylic acids is 1. The van der Waals surface area contributed by atoms with Crippen molar-refractivity contribution in [2.24, 2.45) is 0 Å². The minimum absolute atomic E-state index is 0.164. The van der Waals surface area contributed by atoms with Crippen molar-refractivity contribution in [3.05, 3.63) is 30.3 Å². The average Bonchev–Trinajstić information content (AvgIpc) is 2.31. The molecule has 0 aliphatic carbocycles. The summed E-state index contributed by atoms with van der Waals surface area (Å²) in [5, 5.41) is 15.8. The van der Waals surface area contributed by atoms with Crippen LogP contribution >= 0.6 is 0 Å². The maximum Gasteiger partial charge on any atom is 0.332 e. The lowest BCUT2D eigenvalue weighted by molar-refractivity contribution is -0.145. The van der Waals surface area contributed by atoms with E-state index in [4.69, 9.17) is 10.2 Å². The summed E-state index contributed by atoms with van der Waals surface area (Å²) >= 11 is 0. The van der Waals surface area contributed by atoms with Gasteiger partial charge in [-0.15, -0.1) is 0 Å². The molecule has 0 saturated heterocycles. The number of carbonyl (C=O) groups is 1. The van der Waals surface area contributed by atoms with Crippen molar-refractivity contribution in [2.45, 2.75) is 24.8 Å². The Morgan fingerprint density at radius 3 is 2.11 bits per heavy atom. The molecule has 2 N–H and O–H groups in total. The van der Waals surface area contributed by atoms with Crippen LogP contribution in [0.4, 0.5) is 0 Å². The first-order valence-electron chi connectivity index (χ1n) is 5.16. The smallest absolute Gasteiger partial charge is 0.332 e. The van der Waals surface area contributed by atoms with Gasteiger partial charge in [0.1, 0.15) is 6.10 Å². The highest BCUT2D eigenvalue weighted by Gasteiger charge is 2.12. The van der Waals surface area contributed by atoms with Crippen LogP contribution in [0, 0.1) is 0 Å². The highest BCUT2D eigenvalue weighted by atomic mass is 32.2. The van der Waals surface area contributed by atoms with Crippen LogP contribution in [0.2, 0.25) is 0 Å². The molecule has 0 aliphatic rings. The Balaban J connectivity index is 0.000000411. The Kier molecular flexibility index (Phi) is 7.18. The molecule has 0 saturated carbocycles. The zero-order chi connectivity index (χ0) is 14.2. The van der Waals surface area contributed by atoms with Crippen molar-refractivity contribution in [3.63, 3.8) is 0 Å². The number of rotatable bonds is 4.